The zero-order valence-electron chi connectivity index (χ0n) is 12.8. The van der Waals surface area contributed by atoms with Crippen LogP contribution < -0.4 is 4.74 Å². The average Bonchev–Trinajstić information content (AvgIpc) is 2.80. The number of hydrogen-bond acceptors (Lipinski definition) is 4. The normalized spacial score (nSPS) is 18.9. The van der Waals surface area contributed by atoms with E-state index in [2.05, 4.69) is 0 Å². The van der Waals surface area contributed by atoms with Crippen molar-refractivity contribution in [1.29, 1.82) is 0 Å². The van der Waals surface area contributed by atoms with E-state index in [1.54, 1.807) is 14.0 Å². The summed E-state index contributed by atoms with van der Waals surface area (Å²) >= 11 is 0. The smallest absolute Gasteiger partial charge is 0.222 e. The summed E-state index contributed by atoms with van der Waals surface area (Å²) in [4.78, 5) is 0. The number of aliphatic hydroxyl groups is 1. The highest BCUT2D eigenvalue weighted by atomic mass is 16.7. The molecule has 4 heteroatoms. The predicted molar refractivity (Wildman–Crippen MR) is 84.9 cm³/mol. The molecular weight excluding hydrogens is 280 g/mol. The van der Waals surface area contributed by atoms with E-state index in [0.29, 0.717) is 13.2 Å². The van der Waals surface area contributed by atoms with Gasteiger partial charge in [0.05, 0.1) is 20.3 Å². The van der Waals surface area contributed by atoms with Crippen molar-refractivity contribution in [2.24, 2.45) is 0 Å². The number of rotatable bonds is 3. The zero-order chi connectivity index (χ0) is 15.6. The molecule has 1 unspecified atom stereocenters. The van der Waals surface area contributed by atoms with Crippen molar-refractivity contribution in [2.75, 3.05) is 20.3 Å². The van der Waals surface area contributed by atoms with Crippen LogP contribution in [0.1, 0.15) is 12.5 Å². The first kappa shape index (κ1) is 15.0. The standard InChI is InChI=1S/C18H20O4/c1-13(19)18(21-9-3-4-10-22-18)16-7-5-15-12-17(20-2)8-6-14(15)11-16/h3-8,11-13,19H,9-10H2,1-2H3. The summed E-state index contributed by atoms with van der Waals surface area (Å²) in [6.45, 7) is 2.50. The molecule has 1 atom stereocenters. The zero-order valence-corrected chi connectivity index (χ0v) is 12.8. The van der Waals surface area contributed by atoms with Crippen LogP contribution >= 0.6 is 0 Å². The Labute approximate surface area is 129 Å². The lowest BCUT2D eigenvalue weighted by atomic mass is 9.97. The number of hydrogen-bond donors (Lipinski definition) is 1. The van der Waals surface area contributed by atoms with Gasteiger partial charge in [-0.1, -0.05) is 30.4 Å². The van der Waals surface area contributed by atoms with Gasteiger partial charge in [-0.15, -0.1) is 0 Å². The second kappa shape index (κ2) is 6.08. The van der Waals surface area contributed by atoms with Gasteiger partial charge >= 0.3 is 0 Å². The summed E-state index contributed by atoms with van der Waals surface area (Å²) in [5, 5.41) is 12.4. The van der Waals surface area contributed by atoms with Gasteiger partial charge in [-0.05, 0) is 35.9 Å². The molecule has 1 N–H and O–H groups in total. The molecule has 22 heavy (non-hydrogen) atoms. The maximum Gasteiger partial charge on any atom is 0.222 e. The molecule has 116 valence electrons. The van der Waals surface area contributed by atoms with Crippen molar-refractivity contribution in [3.8, 4) is 5.75 Å². The molecule has 2 aromatic rings. The van der Waals surface area contributed by atoms with Crippen molar-refractivity contribution in [3.05, 3.63) is 54.1 Å². The van der Waals surface area contributed by atoms with Gasteiger partial charge in [-0.25, -0.2) is 0 Å². The van der Waals surface area contributed by atoms with Gasteiger partial charge in [0, 0.05) is 5.56 Å². The van der Waals surface area contributed by atoms with Crippen LogP contribution in [0.25, 0.3) is 10.8 Å². The monoisotopic (exact) mass is 300 g/mol. The number of ether oxygens (including phenoxy) is 3. The fourth-order valence-electron chi connectivity index (χ4n) is 2.74. The van der Waals surface area contributed by atoms with Crippen molar-refractivity contribution in [3.63, 3.8) is 0 Å². The van der Waals surface area contributed by atoms with Gasteiger partial charge < -0.3 is 19.3 Å². The van der Waals surface area contributed by atoms with Gasteiger partial charge in [-0.3, -0.25) is 0 Å². The summed E-state index contributed by atoms with van der Waals surface area (Å²) in [7, 11) is 1.65. The van der Waals surface area contributed by atoms with Crippen LogP contribution in [0.2, 0.25) is 0 Å². The first-order valence-corrected chi connectivity index (χ1v) is 7.35. The van der Waals surface area contributed by atoms with E-state index in [0.717, 1.165) is 22.1 Å². The maximum atomic E-state index is 10.3. The van der Waals surface area contributed by atoms with Crippen molar-refractivity contribution in [2.45, 2.75) is 18.8 Å². The van der Waals surface area contributed by atoms with Crippen LogP contribution in [0.15, 0.2) is 48.6 Å². The van der Waals surface area contributed by atoms with Crippen LogP contribution in [0, 0.1) is 0 Å². The first-order chi connectivity index (χ1) is 10.7. The first-order valence-electron chi connectivity index (χ1n) is 7.35. The Morgan fingerprint density at radius 3 is 2.32 bits per heavy atom. The van der Waals surface area contributed by atoms with E-state index >= 15 is 0 Å². The third-order valence-corrected chi connectivity index (χ3v) is 3.95. The van der Waals surface area contributed by atoms with E-state index < -0.39 is 11.9 Å². The highest BCUT2D eigenvalue weighted by Crippen LogP contribution is 2.35. The largest absolute Gasteiger partial charge is 0.497 e. The number of methoxy groups -OCH3 is 1. The third kappa shape index (κ3) is 2.61. The summed E-state index contributed by atoms with van der Waals surface area (Å²) in [6.07, 6.45) is 3.01. The Morgan fingerprint density at radius 1 is 1.05 bits per heavy atom. The molecule has 0 aromatic heterocycles. The van der Waals surface area contributed by atoms with Crippen LogP contribution in [0.3, 0.4) is 0 Å². The number of aliphatic hydroxyl groups excluding tert-OH is 1. The summed E-state index contributed by atoms with van der Waals surface area (Å²) in [5.74, 6) is -0.325. The maximum absolute atomic E-state index is 10.3. The second-order valence-corrected chi connectivity index (χ2v) is 5.36. The van der Waals surface area contributed by atoms with Crippen molar-refractivity contribution >= 4 is 10.8 Å². The second-order valence-electron chi connectivity index (χ2n) is 5.36. The molecule has 1 aliphatic rings. The van der Waals surface area contributed by atoms with E-state index in [1.807, 2.05) is 48.6 Å². The molecule has 0 spiro atoms. The lowest BCUT2D eigenvalue weighted by Gasteiger charge is -2.35. The van der Waals surface area contributed by atoms with E-state index in [9.17, 15) is 5.11 Å². The summed E-state index contributed by atoms with van der Waals surface area (Å²) < 4.78 is 16.9. The Morgan fingerprint density at radius 2 is 1.68 bits per heavy atom. The highest BCUT2D eigenvalue weighted by Gasteiger charge is 2.40. The number of benzene rings is 2. The quantitative estimate of drug-likeness (QED) is 0.885. The molecule has 3 rings (SSSR count). The lowest BCUT2D eigenvalue weighted by Crippen LogP contribution is -2.43. The molecule has 0 bridgehead atoms. The van der Waals surface area contributed by atoms with Crippen LogP contribution in [-0.4, -0.2) is 31.5 Å². The highest BCUT2D eigenvalue weighted by molar-refractivity contribution is 5.84. The van der Waals surface area contributed by atoms with E-state index in [-0.39, 0.29) is 0 Å². The Bertz CT molecular complexity index is 681. The molecule has 0 fully saturated rings. The average molecular weight is 300 g/mol. The molecular formula is C18H20O4. The van der Waals surface area contributed by atoms with Crippen molar-refractivity contribution < 1.29 is 19.3 Å². The van der Waals surface area contributed by atoms with E-state index in [1.165, 1.54) is 0 Å². The fraction of sp³-hybridized carbons (Fsp3) is 0.333. The predicted octanol–water partition coefficient (Wildman–Crippen LogP) is 2.99. The molecule has 0 saturated carbocycles. The Hall–Kier alpha value is -1.88. The Kier molecular flexibility index (Phi) is 4.16. The Balaban J connectivity index is 2.06. The molecule has 0 radical (unpaired) electrons. The van der Waals surface area contributed by atoms with Gasteiger partial charge in [0.15, 0.2) is 0 Å². The molecule has 0 amide bonds. The SMILES string of the molecule is COc1ccc2cc(C3(C(C)O)OCC=CCO3)ccc2c1. The fourth-order valence-corrected chi connectivity index (χ4v) is 2.74. The topological polar surface area (TPSA) is 47.9 Å². The minimum Gasteiger partial charge on any atom is -0.497 e. The van der Waals surface area contributed by atoms with Gasteiger partial charge in [0.1, 0.15) is 11.9 Å². The van der Waals surface area contributed by atoms with Gasteiger partial charge in [-0.2, -0.15) is 0 Å². The minimum atomic E-state index is -1.14. The van der Waals surface area contributed by atoms with Crippen LogP contribution in [0.4, 0.5) is 0 Å². The molecule has 0 saturated heterocycles. The molecule has 2 aromatic carbocycles. The lowest BCUT2D eigenvalue weighted by molar-refractivity contribution is -0.277. The van der Waals surface area contributed by atoms with Crippen LogP contribution in [0.5, 0.6) is 5.75 Å². The van der Waals surface area contributed by atoms with Gasteiger partial charge in [0.25, 0.3) is 0 Å². The summed E-state index contributed by atoms with van der Waals surface area (Å²) in [5.41, 5.74) is 0.809. The molecule has 4 nitrogen and oxygen atoms in total. The number of fused-ring (bicyclic) bond motifs is 1. The van der Waals surface area contributed by atoms with Crippen molar-refractivity contribution in [1.82, 2.24) is 0 Å². The molecule has 0 aliphatic carbocycles. The van der Waals surface area contributed by atoms with Crippen LogP contribution in [-0.2, 0) is 15.3 Å². The van der Waals surface area contributed by atoms with E-state index in [4.69, 9.17) is 14.2 Å². The van der Waals surface area contributed by atoms with Gasteiger partial charge in [0.2, 0.25) is 5.79 Å². The molecule has 1 aliphatic heterocycles. The third-order valence-electron chi connectivity index (χ3n) is 3.95. The summed E-state index contributed by atoms with van der Waals surface area (Å²) in [6, 6.07) is 11.8. The molecule has 1 heterocycles. The minimum absolute atomic E-state index is 0.408.